The van der Waals surface area contributed by atoms with Gasteiger partial charge < -0.3 is 10.2 Å². The summed E-state index contributed by atoms with van der Waals surface area (Å²) in [6.07, 6.45) is 8.53. The van der Waals surface area contributed by atoms with Gasteiger partial charge in [0.2, 0.25) is 0 Å². The smallest absolute Gasteiger partial charge is 0.255 e. The second-order valence-corrected chi connectivity index (χ2v) is 6.19. The number of carbonyl (C=O) groups is 1. The van der Waals surface area contributed by atoms with Gasteiger partial charge in [0.25, 0.3) is 5.91 Å². The largest absolute Gasteiger partial charge is 0.373 e. The van der Waals surface area contributed by atoms with E-state index < -0.39 is 0 Å². The maximum Gasteiger partial charge on any atom is 0.255 e. The molecule has 0 aliphatic carbocycles. The van der Waals surface area contributed by atoms with Crippen molar-refractivity contribution in [3.05, 3.63) is 54.0 Å². The summed E-state index contributed by atoms with van der Waals surface area (Å²) in [6.45, 7) is 0.836. The van der Waals surface area contributed by atoms with Crippen molar-refractivity contribution in [2.75, 3.05) is 18.9 Å². The molecule has 5 heteroatoms. The summed E-state index contributed by atoms with van der Waals surface area (Å²) < 4.78 is 0. The van der Waals surface area contributed by atoms with E-state index in [1.807, 2.05) is 36.2 Å². The van der Waals surface area contributed by atoms with Gasteiger partial charge in [-0.15, -0.1) is 0 Å². The fraction of sp³-hybridized carbons (Fsp3) is 0.421. The van der Waals surface area contributed by atoms with Gasteiger partial charge in [-0.25, -0.2) is 4.98 Å². The highest BCUT2D eigenvalue weighted by atomic mass is 16.2. The number of aryl methyl sites for hydroxylation is 1. The average Bonchev–Trinajstić information content (AvgIpc) is 2.67. The summed E-state index contributed by atoms with van der Waals surface area (Å²) >= 11 is 0. The van der Waals surface area contributed by atoms with Crippen molar-refractivity contribution in [3.63, 3.8) is 0 Å². The maximum atomic E-state index is 12.8. The minimum Gasteiger partial charge on any atom is -0.373 e. The van der Waals surface area contributed by atoms with Crippen LogP contribution in [0.25, 0.3) is 0 Å². The molecule has 3 heterocycles. The maximum absolute atomic E-state index is 12.8. The van der Waals surface area contributed by atoms with Crippen molar-refractivity contribution in [1.82, 2.24) is 14.9 Å². The molecule has 1 amide bonds. The molecule has 3 rings (SSSR count). The van der Waals surface area contributed by atoms with Gasteiger partial charge in [0.15, 0.2) is 0 Å². The Bertz CT molecular complexity index is 674. The molecule has 1 aliphatic heterocycles. The monoisotopic (exact) mass is 324 g/mol. The number of hydrogen-bond acceptors (Lipinski definition) is 4. The van der Waals surface area contributed by atoms with Gasteiger partial charge in [-0.2, -0.15) is 0 Å². The van der Waals surface area contributed by atoms with E-state index in [-0.39, 0.29) is 11.9 Å². The number of nitrogens with one attached hydrogen (secondary N) is 1. The Morgan fingerprint density at radius 1 is 1.29 bits per heavy atom. The summed E-state index contributed by atoms with van der Waals surface area (Å²) in [4.78, 5) is 23.5. The molecular weight excluding hydrogens is 300 g/mol. The summed E-state index contributed by atoms with van der Waals surface area (Å²) in [6, 6.07) is 9.98. The summed E-state index contributed by atoms with van der Waals surface area (Å²) in [5, 5.41) is 3.07. The Morgan fingerprint density at radius 3 is 3.00 bits per heavy atom. The van der Waals surface area contributed by atoms with Crippen LogP contribution in [0.2, 0.25) is 0 Å². The Hall–Kier alpha value is -2.43. The third-order valence-electron chi connectivity index (χ3n) is 4.59. The topological polar surface area (TPSA) is 58.1 Å². The lowest BCUT2D eigenvalue weighted by molar-refractivity contribution is 0.0601. The van der Waals surface area contributed by atoms with Crippen LogP contribution in [-0.4, -0.2) is 40.4 Å². The molecule has 1 fully saturated rings. The number of hydrogen-bond donors (Lipinski definition) is 1. The van der Waals surface area contributed by atoms with Crippen molar-refractivity contribution in [2.45, 2.75) is 38.1 Å². The highest BCUT2D eigenvalue weighted by Crippen LogP contribution is 2.23. The van der Waals surface area contributed by atoms with E-state index in [9.17, 15) is 4.79 Å². The summed E-state index contributed by atoms with van der Waals surface area (Å²) in [7, 11) is 1.88. The number of amides is 1. The van der Waals surface area contributed by atoms with Crippen molar-refractivity contribution in [2.24, 2.45) is 0 Å². The van der Waals surface area contributed by atoms with E-state index in [0.717, 1.165) is 43.7 Å². The van der Waals surface area contributed by atoms with Crippen LogP contribution in [0.3, 0.4) is 0 Å². The van der Waals surface area contributed by atoms with Crippen molar-refractivity contribution in [3.8, 4) is 0 Å². The Labute approximate surface area is 143 Å². The SMILES string of the molecule is CNc1cccc(CCC2CCCCN2C(=O)c2cccnc2)n1. The third kappa shape index (κ3) is 3.91. The first-order chi connectivity index (χ1) is 11.8. The predicted molar refractivity (Wildman–Crippen MR) is 95.0 cm³/mol. The first kappa shape index (κ1) is 16.4. The zero-order valence-electron chi connectivity index (χ0n) is 14.1. The lowest BCUT2D eigenvalue weighted by Crippen LogP contribution is -2.44. The number of nitrogens with zero attached hydrogens (tertiary/aromatic N) is 3. The first-order valence-corrected chi connectivity index (χ1v) is 8.62. The van der Waals surface area contributed by atoms with E-state index in [0.29, 0.717) is 5.56 Å². The van der Waals surface area contributed by atoms with Crippen LogP contribution in [0.5, 0.6) is 0 Å². The van der Waals surface area contributed by atoms with Crippen LogP contribution in [0, 0.1) is 0 Å². The molecule has 0 spiro atoms. The number of piperidine rings is 1. The van der Waals surface area contributed by atoms with Gasteiger partial charge in [-0.1, -0.05) is 6.07 Å². The van der Waals surface area contributed by atoms with Gasteiger partial charge in [-0.05, 0) is 56.4 Å². The van der Waals surface area contributed by atoms with Crippen LogP contribution in [0.4, 0.5) is 5.82 Å². The molecule has 0 aromatic carbocycles. The van der Waals surface area contributed by atoms with E-state index in [4.69, 9.17) is 0 Å². The Kier molecular flexibility index (Phi) is 5.41. The minimum absolute atomic E-state index is 0.102. The molecule has 24 heavy (non-hydrogen) atoms. The number of rotatable bonds is 5. The molecule has 126 valence electrons. The van der Waals surface area contributed by atoms with E-state index in [2.05, 4.69) is 21.4 Å². The molecular formula is C19H24N4O. The van der Waals surface area contributed by atoms with Crippen molar-refractivity contribution >= 4 is 11.7 Å². The molecule has 2 aromatic heterocycles. The Morgan fingerprint density at radius 2 is 2.21 bits per heavy atom. The molecule has 1 unspecified atom stereocenters. The van der Waals surface area contributed by atoms with Crippen LogP contribution < -0.4 is 5.32 Å². The van der Waals surface area contributed by atoms with Crippen LogP contribution in [-0.2, 0) is 6.42 Å². The number of carbonyl (C=O) groups excluding carboxylic acids is 1. The zero-order valence-corrected chi connectivity index (χ0v) is 14.1. The number of likely N-dealkylation sites (tertiary alicyclic amines) is 1. The van der Waals surface area contributed by atoms with E-state index in [1.165, 1.54) is 6.42 Å². The minimum atomic E-state index is 0.102. The molecule has 1 saturated heterocycles. The van der Waals surface area contributed by atoms with Gasteiger partial charge in [-0.3, -0.25) is 9.78 Å². The quantitative estimate of drug-likeness (QED) is 0.918. The molecule has 1 aliphatic rings. The molecule has 2 aromatic rings. The van der Waals surface area contributed by atoms with Crippen LogP contribution >= 0.6 is 0 Å². The van der Waals surface area contributed by atoms with Crippen molar-refractivity contribution in [1.29, 1.82) is 0 Å². The lowest BCUT2D eigenvalue weighted by Gasteiger charge is -2.36. The number of aromatic nitrogens is 2. The second kappa shape index (κ2) is 7.90. The Balaban J connectivity index is 1.67. The average molecular weight is 324 g/mol. The zero-order chi connectivity index (χ0) is 16.8. The molecule has 0 saturated carbocycles. The summed E-state index contributed by atoms with van der Waals surface area (Å²) in [5.74, 6) is 0.990. The molecule has 0 radical (unpaired) electrons. The lowest BCUT2D eigenvalue weighted by atomic mass is 9.96. The fourth-order valence-electron chi connectivity index (χ4n) is 3.30. The molecule has 0 bridgehead atoms. The van der Waals surface area contributed by atoms with Gasteiger partial charge in [0, 0.05) is 37.7 Å². The normalized spacial score (nSPS) is 17.5. The molecule has 1 atom stereocenters. The predicted octanol–water partition coefficient (Wildman–Crippen LogP) is 3.15. The van der Waals surface area contributed by atoms with Gasteiger partial charge >= 0.3 is 0 Å². The molecule has 1 N–H and O–H groups in total. The van der Waals surface area contributed by atoms with E-state index in [1.54, 1.807) is 12.4 Å². The fourth-order valence-corrected chi connectivity index (χ4v) is 3.30. The van der Waals surface area contributed by atoms with Crippen LogP contribution in [0.1, 0.15) is 41.7 Å². The number of pyridine rings is 2. The van der Waals surface area contributed by atoms with Gasteiger partial charge in [0.05, 0.1) is 5.56 Å². The molecule has 5 nitrogen and oxygen atoms in total. The van der Waals surface area contributed by atoms with Crippen molar-refractivity contribution < 1.29 is 4.79 Å². The highest BCUT2D eigenvalue weighted by molar-refractivity contribution is 5.94. The second-order valence-electron chi connectivity index (χ2n) is 6.19. The highest BCUT2D eigenvalue weighted by Gasteiger charge is 2.27. The standard InChI is InChI=1S/C19H24N4O/c1-20-18-9-4-7-16(22-18)10-11-17-8-2-3-13-23(17)19(24)15-6-5-12-21-14-15/h4-7,9,12,14,17H,2-3,8,10-11,13H2,1H3,(H,20,22). The third-order valence-corrected chi connectivity index (χ3v) is 4.59. The number of anilines is 1. The van der Waals surface area contributed by atoms with Gasteiger partial charge in [0.1, 0.15) is 5.82 Å². The summed E-state index contributed by atoms with van der Waals surface area (Å²) in [5.41, 5.74) is 1.75. The van der Waals surface area contributed by atoms with E-state index >= 15 is 0 Å². The van der Waals surface area contributed by atoms with Crippen LogP contribution in [0.15, 0.2) is 42.7 Å². The first-order valence-electron chi connectivity index (χ1n) is 8.62.